The molecule has 0 spiro atoms. The van der Waals surface area contributed by atoms with E-state index in [-0.39, 0.29) is 11.9 Å². The van der Waals surface area contributed by atoms with E-state index in [0.717, 1.165) is 16.7 Å². The van der Waals surface area contributed by atoms with Gasteiger partial charge in [0.1, 0.15) is 11.4 Å². The second-order valence-electron chi connectivity index (χ2n) is 6.12. The van der Waals surface area contributed by atoms with Crippen molar-refractivity contribution in [2.45, 2.75) is 19.6 Å². The maximum atomic E-state index is 11.5. The fourth-order valence-corrected chi connectivity index (χ4v) is 2.46. The third-order valence-electron chi connectivity index (χ3n) is 3.82. The Kier molecular flexibility index (Phi) is 4.28. The molecule has 0 saturated carbocycles. The van der Waals surface area contributed by atoms with Crippen LogP contribution in [-0.2, 0) is 14.2 Å². The van der Waals surface area contributed by atoms with E-state index in [1.165, 1.54) is 7.11 Å². The van der Waals surface area contributed by atoms with Gasteiger partial charge in [-0.25, -0.2) is 4.79 Å². The van der Waals surface area contributed by atoms with Crippen LogP contribution in [0.1, 0.15) is 24.3 Å². The first-order valence-corrected chi connectivity index (χ1v) is 7.59. The quantitative estimate of drug-likeness (QED) is 0.878. The van der Waals surface area contributed by atoms with Crippen LogP contribution < -0.4 is 4.74 Å². The fraction of sp³-hybridized carbons (Fsp3) is 0.471. The van der Waals surface area contributed by atoms with Crippen molar-refractivity contribution in [1.82, 2.24) is 4.98 Å². The molecule has 6 nitrogen and oxygen atoms in total. The number of carbonyl (C=O) groups is 1. The maximum Gasteiger partial charge on any atom is 0.354 e. The molecule has 0 unspecified atom stereocenters. The van der Waals surface area contributed by atoms with Crippen molar-refractivity contribution in [2.75, 3.05) is 26.9 Å². The fourth-order valence-electron chi connectivity index (χ4n) is 2.46. The standard InChI is InChI=1S/C17H21NO5/c1-17(2)22-9-11(10-23-17)8-21-13-4-5-14-12(6-13)7-15(18-14)16(19)20-3/h4-7,11,18H,8-10H2,1-3H3. The molecule has 1 aliphatic heterocycles. The lowest BCUT2D eigenvalue weighted by molar-refractivity contribution is -0.264. The van der Waals surface area contributed by atoms with Gasteiger partial charge in [0.15, 0.2) is 5.79 Å². The largest absolute Gasteiger partial charge is 0.493 e. The van der Waals surface area contributed by atoms with Crippen LogP contribution in [0.25, 0.3) is 10.9 Å². The van der Waals surface area contributed by atoms with Crippen LogP contribution in [-0.4, -0.2) is 43.7 Å². The molecule has 0 atom stereocenters. The molecule has 23 heavy (non-hydrogen) atoms. The number of ether oxygens (including phenoxy) is 4. The highest BCUT2D eigenvalue weighted by Gasteiger charge is 2.28. The van der Waals surface area contributed by atoms with Gasteiger partial charge in [0, 0.05) is 16.8 Å². The minimum atomic E-state index is -0.509. The van der Waals surface area contributed by atoms with E-state index in [4.69, 9.17) is 18.9 Å². The maximum absolute atomic E-state index is 11.5. The second-order valence-corrected chi connectivity index (χ2v) is 6.12. The molecule has 0 aliphatic carbocycles. The molecule has 1 aliphatic rings. The van der Waals surface area contributed by atoms with Crippen molar-refractivity contribution in [3.63, 3.8) is 0 Å². The summed E-state index contributed by atoms with van der Waals surface area (Å²) in [5.41, 5.74) is 1.29. The number of fused-ring (bicyclic) bond motifs is 1. The van der Waals surface area contributed by atoms with Gasteiger partial charge in [-0.1, -0.05) is 0 Å². The van der Waals surface area contributed by atoms with Gasteiger partial charge in [0.2, 0.25) is 0 Å². The molecule has 2 aromatic rings. The molecular weight excluding hydrogens is 298 g/mol. The SMILES string of the molecule is COC(=O)c1cc2cc(OCC3COC(C)(C)OC3)ccc2[nH]1. The Labute approximate surface area is 134 Å². The molecule has 2 heterocycles. The highest BCUT2D eigenvalue weighted by Crippen LogP contribution is 2.24. The van der Waals surface area contributed by atoms with Crippen LogP contribution in [0.3, 0.4) is 0 Å². The van der Waals surface area contributed by atoms with Gasteiger partial charge < -0.3 is 23.9 Å². The van der Waals surface area contributed by atoms with Gasteiger partial charge in [0.05, 0.1) is 26.9 Å². The van der Waals surface area contributed by atoms with E-state index in [1.807, 2.05) is 32.0 Å². The van der Waals surface area contributed by atoms with Crippen LogP contribution in [0, 0.1) is 5.92 Å². The van der Waals surface area contributed by atoms with Crippen LogP contribution in [0.4, 0.5) is 0 Å². The Morgan fingerprint density at radius 2 is 2.04 bits per heavy atom. The van der Waals surface area contributed by atoms with E-state index in [2.05, 4.69) is 4.98 Å². The van der Waals surface area contributed by atoms with Gasteiger partial charge in [-0.15, -0.1) is 0 Å². The number of aromatic nitrogens is 1. The van der Waals surface area contributed by atoms with E-state index >= 15 is 0 Å². The molecule has 1 aromatic carbocycles. The number of benzene rings is 1. The molecule has 1 N–H and O–H groups in total. The van der Waals surface area contributed by atoms with Gasteiger partial charge in [0.25, 0.3) is 0 Å². The summed E-state index contributed by atoms with van der Waals surface area (Å²) in [5.74, 6) is 0.0567. The Balaban J connectivity index is 1.63. The van der Waals surface area contributed by atoms with Crippen molar-refractivity contribution in [2.24, 2.45) is 5.92 Å². The van der Waals surface area contributed by atoms with Crippen molar-refractivity contribution >= 4 is 16.9 Å². The predicted molar refractivity (Wildman–Crippen MR) is 84.6 cm³/mol. The monoisotopic (exact) mass is 319 g/mol. The Hall–Kier alpha value is -2.05. The molecular formula is C17H21NO5. The predicted octanol–water partition coefficient (Wildman–Crippen LogP) is 2.73. The van der Waals surface area contributed by atoms with E-state index in [0.29, 0.717) is 25.5 Å². The summed E-state index contributed by atoms with van der Waals surface area (Å²) in [6.07, 6.45) is 0. The van der Waals surface area contributed by atoms with Crippen molar-refractivity contribution in [3.8, 4) is 5.75 Å². The number of hydrogen-bond donors (Lipinski definition) is 1. The van der Waals surface area contributed by atoms with Gasteiger partial charge in [-0.2, -0.15) is 0 Å². The molecule has 3 rings (SSSR count). The van der Waals surface area contributed by atoms with Gasteiger partial charge in [-0.05, 0) is 38.1 Å². The summed E-state index contributed by atoms with van der Waals surface area (Å²) < 4.78 is 21.8. The highest BCUT2D eigenvalue weighted by atomic mass is 16.7. The van der Waals surface area contributed by atoms with Crippen molar-refractivity contribution in [3.05, 3.63) is 30.0 Å². The number of H-pyrrole nitrogens is 1. The lowest BCUT2D eigenvalue weighted by Gasteiger charge is -2.34. The molecule has 0 radical (unpaired) electrons. The van der Waals surface area contributed by atoms with Crippen molar-refractivity contribution < 1.29 is 23.7 Å². The average molecular weight is 319 g/mol. The molecule has 1 fully saturated rings. The summed E-state index contributed by atoms with van der Waals surface area (Å²) in [7, 11) is 1.36. The number of carbonyl (C=O) groups excluding carboxylic acids is 1. The topological polar surface area (TPSA) is 69.8 Å². The summed E-state index contributed by atoms with van der Waals surface area (Å²) in [5, 5.41) is 0.903. The number of nitrogens with one attached hydrogen (secondary N) is 1. The number of rotatable bonds is 4. The first-order valence-electron chi connectivity index (χ1n) is 7.59. The van der Waals surface area contributed by atoms with Gasteiger partial charge in [-0.3, -0.25) is 0 Å². The van der Waals surface area contributed by atoms with Gasteiger partial charge >= 0.3 is 5.97 Å². The minimum absolute atomic E-state index is 0.204. The first-order chi connectivity index (χ1) is 11.0. The third-order valence-corrected chi connectivity index (χ3v) is 3.82. The Morgan fingerprint density at radius 1 is 1.30 bits per heavy atom. The summed E-state index contributed by atoms with van der Waals surface area (Å²) in [6.45, 7) is 5.57. The third kappa shape index (κ3) is 3.65. The molecule has 6 heteroatoms. The van der Waals surface area contributed by atoms with Crippen LogP contribution in [0.2, 0.25) is 0 Å². The number of hydrogen-bond acceptors (Lipinski definition) is 5. The van der Waals surface area contributed by atoms with E-state index < -0.39 is 5.79 Å². The van der Waals surface area contributed by atoms with E-state index in [9.17, 15) is 4.79 Å². The molecule has 1 aromatic heterocycles. The Morgan fingerprint density at radius 3 is 2.74 bits per heavy atom. The zero-order chi connectivity index (χ0) is 16.4. The zero-order valence-corrected chi connectivity index (χ0v) is 13.5. The molecule has 1 saturated heterocycles. The number of aromatic amines is 1. The number of esters is 1. The minimum Gasteiger partial charge on any atom is -0.493 e. The first kappa shape index (κ1) is 15.8. The zero-order valence-electron chi connectivity index (χ0n) is 13.5. The number of methoxy groups -OCH3 is 1. The van der Waals surface area contributed by atoms with Crippen LogP contribution in [0.5, 0.6) is 5.75 Å². The lowest BCUT2D eigenvalue weighted by Crippen LogP contribution is -2.41. The average Bonchev–Trinajstić information content (AvgIpc) is 2.96. The highest BCUT2D eigenvalue weighted by molar-refractivity contribution is 5.95. The molecule has 124 valence electrons. The summed E-state index contributed by atoms with van der Waals surface area (Å²) in [4.78, 5) is 14.6. The summed E-state index contributed by atoms with van der Waals surface area (Å²) in [6, 6.07) is 7.40. The lowest BCUT2D eigenvalue weighted by atomic mass is 10.1. The normalized spacial score (nSPS) is 18.0. The van der Waals surface area contributed by atoms with Crippen LogP contribution >= 0.6 is 0 Å². The summed E-state index contributed by atoms with van der Waals surface area (Å²) >= 11 is 0. The van der Waals surface area contributed by atoms with Crippen molar-refractivity contribution in [1.29, 1.82) is 0 Å². The smallest absolute Gasteiger partial charge is 0.354 e. The van der Waals surface area contributed by atoms with E-state index in [1.54, 1.807) is 6.07 Å². The molecule has 0 amide bonds. The molecule has 0 bridgehead atoms. The Bertz CT molecular complexity index is 696. The second kappa shape index (κ2) is 6.22. The van der Waals surface area contributed by atoms with Crippen LogP contribution in [0.15, 0.2) is 24.3 Å².